The van der Waals surface area contributed by atoms with Crippen molar-refractivity contribution < 1.29 is 4.74 Å². The number of ether oxygens (including phenoxy) is 1. The van der Waals surface area contributed by atoms with E-state index >= 15 is 0 Å². The lowest BCUT2D eigenvalue weighted by Gasteiger charge is -2.15. The number of nitrogens with zero attached hydrogens (tertiary/aromatic N) is 2. The normalized spacial score (nSPS) is 12.8. The number of alkyl halides is 1. The third kappa shape index (κ3) is 3.72. The van der Waals surface area contributed by atoms with E-state index in [1.54, 1.807) is 0 Å². The van der Waals surface area contributed by atoms with Crippen LogP contribution in [0.4, 0.5) is 0 Å². The van der Waals surface area contributed by atoms with Crippen LogP contribution in [-0.2, 0) is 10.6 Å². The molecule has 0 bridgehead atoms. The van der Waals surface area contributed by atoms with E-state index < -0.39 is 0 Å². The fraction of sp³-hybridized carbons (Fsp3) is 0.667. The summed E-state index contributed by atoms with van der Waals surface area (Å²) >= 11 is 5.80. The highest BCUT2D eigenvalue weighted by Crippen LogP contribution is 2.20. The van der Waals surface area contributed by atoms with Crippen molar-refractivity contribution in [3.8, 4) is 0 Å². The van der Waals surface area contributed by atoms with Crippen LogP contribution >= 0.6 is 11.6 Å². The van der Waals surface area contributed by atoms with Gasteiger partial charge in [0.05, 0.1) is 11.6 Å². The van der Waals surface area contributed by atoms with Crippen molar-refractivity contribution in [1.82, 2.24) is 9.97 Å². The monoisotopic (exact) mass is 242 g/mol. The van der Waals surface area contributed by atoms with Gasteiger partial charge in [-0.1, -0.05) is 13.3 Å². The molecule has 1 heterocycles. The zero-order valence-corrected chi connectivity index (χ0v) is 10.9. The smallest absolute Gasteiger partial charge is 0.157 e. The maximum absolute atomic E-state index is 5.80. The molecule has 1 aromatic heterocycles. The molecular formula is C12H19ClN2O. The first-order valence-corrected chi connectivity index (χ1v) is 6.26. The van der Waals surface area contributed by atoms with Gasteiger partial charge in [0.15, 0.2) is 5.82 Å². The fourth-order valence-electron chi connectivity index (χ4n) is 1.62. The van der Waals surface area contributed by atoms with Crippen LogP contribution in [0.5, 0.6) is 0 Å². The lowest BCUT2D eigenvalue weighted by Crippen LogP contribution is -2.10. The second-order valence-electron chi connectivity index (χ2n) is 3.73. The zero-order chi connectivity index (χ0) is 12.0. The van der Waals surface area contributed by atoms with Gasteiger partial charge in [-0.25, -0.2) is 9.97 Å². The maximum Gasteiger partial charge on any atom is 0.157 e. The Kier molecular flexibility index (Phi) is 5.71. The Morgan fingerprint density at radius 3 is 2.69 bits per heavy atom. The SMILES string of the molecule is CCCC(OCC)c1nc(C)cc(CCl)n1. The maximum atomic E-state index is 5.80. The Bertz CT molecular complexity index is 325. The molecular weight excluding hydrogens is 224 g/mol. The Hall–Kier alpha value is -0.670. The summed E-state index contributed by atoms with van der Waals surface area (Å²) in [7, 11) is 0. The molecule has 1 atom stereocenters. The molecule has 0 aromatic carbocycles. The summed E-state index contributed by atoms with van der Waals surface area (Å²) in [5, 5.41) is 0. The Labute approximate surface area is 102 Å². The van der Waals surface area contributed by atoms with Crippen molar-refractivity contribution in [2.24, 2.45) is 0 Å². The number of rotatable bonds is 6. The first-order valence-electron chi connectivity index (χ1n) is 5.73. The first kappa shape index (κ1) is 13.4. The molecule has 1 rings (SSSR count). The standard InChI is InChI=1S/C12H19ClN2O/c1-4-6-11(16-5-2)12-14-9(3)7-10(8-13)15-12/h7,11H,4-6,8H2,1-3H3. The van der Waals surface area contributed by atoms with Gasteiger partial charge in [0.1, 0.15) is 6.10 Å². The molecule has 0 fully saturated rings. The van der Waals surface area contributed by atoms with Gasteiger partial charge in [-0.15, -0.1) is 11.6 Å². The molecule has 0 N–H and O–H groups in total. The summed E-state index contributed by atoms with van der Waals surface area (Å²) in [5.41, 5.74) is 1.81. The van der Waals surface area contributed by atoms with Crippen LogP contribution in [0, 0.1) is 6.92 Å². The van der Waals surface area contributed by atoms with Crippen molar-refractivity contribution in [3.05, 3.63) is 23.3 Å². The summed E-state index contributed by atoms with van der Waals surface area (Å²) in [4.78, 5) is 8.85. The predicted molar refractivity (Wildman–Crippen MR) is 65.6 cm³/mol. The van der Waals surface area contributed by atoms with Crippen molar-refractivity contribution in [3.63, 3.8) is 0 Å². The predicted octanol–water partition coefficient (Wildman–Crippen LogP) is 3.40. The van der Waals surface area contributed by atoms with Gasteiger partial charge >= 0.3 is 0 Å². The number of halogens is 1. The van der Waals surface area contributed by atoms with E-state index in [0.29, 0.717) is 12.5 Å². The van der Waals surface area contributed by atoms with Gasteiger partial charge < -0.3 is 4.74 Å². The van der Waals surface area contributed by atoms with E-state index in [2.05, 4.69) is 16.9 Å². The van der Waals surface area contributed by atoms with E-state index in [9.17, 15) is 0 Å². The van der Waals surface area contributed by atoms with Gasteiger partial charge in [-0.3, -0.25) is 0 Å². The van der Waals surface area contributed by atoms with Crippen LogP contribution in [0.15, 0.2) is 6.07 Å². The summed E-state index contributed by atoms with van der Waals surface area (Å²) in [6.45, 7) is 6.75. The third-order valence-electron chi connectivity index (χ3n) is 2.27. The van der Waals surface area contributed by atoms with E-state index in [1.165, 1.54) is 0 Å². The minimum absolute atomic E-state index is 0.00290. The molecule has 0 saturated heterocycles. The quantitative estimate of drug-likeness (QED) is 0.718. The molecule has 0 aliphatic carbocycles. The number of aryl methyl sites for hydroxylation is 1. The van der Waals surface area contributed by atoms with Gasteiger partial charge in [-0.05, 0) is 26.3 Å². The van der Waals surface area contributed by atoms with Crippen LogP contribution < -0.4 is 0 Å². The van der Waals surface area contributed by atoms with Crippen LogP contribution in [0.3, 0.4) is 0 Å². The van der Waals surface area contributed by atoms with Crippen molar-refractivity contribution in [2.75, 3.05) is 6.61 Å². The van der Waals surface area contributed by atoms with Crippen molar-refractivity contribution in [2.45, 2.75) is 45.6 Å². The zero-order valence-electron chi connectivity index (χ0n) is 10.2. The lowest BCUT2D eigenvalue weighted by atomic mass is 10.2. The van der Waals surface area contributed by atoms with Crippen LogP contribution in [0.1, 0.15) is 50.0 Å². The highest BCUT2D eigenvalue weighted by Gasteiger charge is 2.14. The Morgan fingerprint density at radius 2 is 2.12 bits per heavy atom. The molecule has 0 aliphatic rings. The van der Waals surface area contributed by atoms with E-state index in [-0.39, 0.29) is 6.10 Å². The molecule has 0 spiro atoms. The third-order valence-corrected chi connectivity index (χ3v) is 2.54. The number of aromatic nitrogens is 2. The molecule has 0 radical (unpaired) electrons. The fourth-order valence-corrected chi connectivity index (χ4v) is 1.76. The number of hydrogen-bond acceptors (Lipinski definition) is 3. The molecule has 0 saturated carbocycles. The molecule has 1 unspecified atom stereocenters. The van der Waals surface area contributed by atoms with Gasteiger partial charge in [-0.2, -0.15) is 0 Å². The summed E-state index contributed by atoms with van der Waals surface area (Å²) in [6, 6.07) is 1.91. The summed E-state index contributed by atoms with van der Waals surface area (Å²) in [6.07, 6.45) is 1.99. The lowest BCUT2D eigenvalue weighted by molar-refractivity contribution is 0.0491. The molecule has 1 aromatic rings. The van der Waals surface area contributed by atoms with Crippen LogP contribution in [0.2, 0.25) is 0 Å². The van der Waals surface area contributed by atoms with E-state index in [0.717, 1.165) is 30.1 Å². The van der Waals surface area contributed by atoms with Crippen molar-refractivity contribution >= 4 is 11.6 Å². The van der Waals surface area contributed by atoms with Gasteiger partial charge in [0, 0.05) is 12.3 Å². The van der Waals surface area contributed by atoms with Crippen LogP contribution in [-0.4, -0.2) is 16.6 Å². The summed E-state index contributed by atoms with van der Waals surface area (Å²) in [5.74, 6) is 1.18. The molecule has 0 amide bonds. The minimum Gasteiger partial charge on any atom is -0.371 e. The Morgan fingerprint density at radius 1 is 1.38 bits per heavy atom. The Balaban J connectivity index is 2.93. The number of hydrogen-bond donors (Lipinski definition) is 0. The van der Waals surface area contributed by atoms with Gasteiger partial charge in [0.25, 0.3) is 0 Å². The summed E-state index contributed by atoms with van der Waals surface area (Å²) < 4.78 is 5.65. The highest BCUT2D eigenvalue weighted by atomic mass is 35.5. The average molecular weight is 243 g/mol. The average Bonchev–Trinajstić information content (AvgIpc) is 2.28. The second kappa shape index (κ2) is 6.81. The van der Waals surface area contributed by atoms with E-state index in [1.807, 2.05) is 19.9 Å². The second-order valence-corrected chi connectivity index (χ2v) is 3.99. The molecule has 16 heavy (non-hydrogen) atoms. The first-order chi connectivity index (χ1) is 7.71. The molecule has 90 valence electrons. The molecule has 3 nitrogen and oxygen atoms in total. The molecule has 0 aliphatic heterocycles. The molecule has 4 heteroatoms. The van der Waals surface area contributed by atoms with Gasteiger partial charge in [0.2, 0.25) is 0 Å². The van der Waals surface area contributed by atoms with Crippen molar-refractivity contribution in [1.29, 1.82) is 0 Å². The highest BCUT2D eigenvalue weighted by molar-refractivity contribution is 6.16. The van der Waals surface area contributed by atoms with Crippen LogP contribution in [0.25, 0.3) is 0 Å². The minimum atomic E-state index is -0.00290. The largest absolute Gasteiger partial charge is 0.371 e. The van der Waals surface area contributed by atoms with E-state index in [4.69, 9.17) is 16.3 Å². The topological polar surface area (TPSA) is 35.0 Å².